The number of carbonyl (C=O) groups excluding carboxylic acids is 2. The van der Waals surface area contributed by atoms with E-state index in [2.05, 4.69) is 20.5 Å². The number of nitrogens with one attached hydrogen (secondary N) is 2. The van der Waals surface area contributed by atoms with Gasteiger partial charge in [-0.25, -0.2) is 4.98 Å². The molecule has 1 fully saturated rings. The van der Waals surface area contributed by atoms with Crippen molar-refractivity contribution in [1.29, 1.82) is 0 Å². The van der Waals surface area contributed by atoms with Crippen LogP contribution in [0.25, 0.3) is 0 Å². The van der Waals surface area contributed by atoms with Crippen molar-refractivity contribution in [3.05, 3.63) is 59.4 Å². The largest absolute Gasteiger partial charge is 0.433 e. The lowest BCUT2D eigenvalue weighted by Gasteiger charge is -2.21. The Morgan fingerprint density at radius 3 is 2.65 bits per heavy atom. The molecule has 0 radical (unpaired) electrons. The Bertz CT molecular complexity index is 996. The molecule has 2 heterocycles. The van der Waals surface area contributed by atoms with E-state index in [4.69, 9.17) is 0 Å². The average molecular weight is 477 g/mol. The van der Waals surface area contributed by atoms with Crippen molar-refractivity contribution in [2.75, 3.05) is 18.4 Å². The molecule has 0 spiro atoms. The van der Waals surface area contributed by atoms with Crippen LogP contribution in [0.3, 0.4) is 0 Å². The molecule has 2 atom stereocenters. The van der Waals surface area contributed by atoms with Gasteiger partial charge in [-0.15, -0.1) is 0 Å². The van der Waals surface area contributed by atoms with E-state index in [1.807, 2.05) is 26.0 Å². The molecule has 3 rings (SSSR count). The van der Waals surface area contributed by atoms with E-state index in [9.17, 15) is 22.8 Å². The summed E-state index contributed by atoms with van der Waals surface area (Å²) in [6, 6.07) is 10.7. The smallest absolute Gasteiger partial charge is 0.353 e. The molecule has 0 saturated carbocycles. The van der Waals surface area contributed by atoms with Crippen LogP contribution in [0.4, 0.5) is 18.9 Å². The fraction of sp³-hybridized carbons (Fsp3) is 0.480. The highest BCUT2D eigenvalue weighted by molar-refractivity contribution is 6.02. The Morgan fingerprint density at radius 1 is 1.15 bits per heavy atom. The second kappa shape index (κ2) is 11.5. The van der Waals surface area contributed by atoms with Crippen molar-refractivity contribution < 1.29 is 22.8 Å². The quantitative estimate of drug-likeness (QED) is 0.598. The molecular weight excluding hydrogens is 445 g/mol. The second-order valence-corrected chi connectivity index (χ2v) is 8.78. The normalized spacial score (nSPS) is 18.1. The van der Waals surface area contributed by atoms with Gasteiger partial charge in [0.25, 0.3) is 5.91 Å². The summed E-state index contributed by atoms with van der Waals surface area (Å²) in [5, 5.41) is 5.71. The van der Waals surface area contributed by atoms with Gasteiger partial charge in [0.2, 0.25) is 5.91 Å². The zero-order chi connectivity index (χ0) is 24.7. The van der Waals surface area contributed by atoms with Crippen LogP contribution < -0.4 is 10.6 Å². The van der Waals surface area contributed by atoms with Gasteiger partial charge in [-0.2, -0.15) is 13.2 Å². The Balaban J connectivity index is 1.58. The topological polar surface area (TPSA) is 74.3 Å². The Kier molecular flexibility index (Phi) is 8.66. The minimum atomic E-state index is -4.61. The lowest BCUT2D eigenvalue weighted by atomic mass is 9.99. The van der Waals surface area contributed by atoms with Crippen LogP contribution in [0.5, 0.6) is 0 Å². The van der Waals surface area contributed by atoms with Crippen LogP contribution in [-0.4, -0.2) is 40.8 Å². The van der Waals surface area contributed by atoms with Crippen molar-refractivity contribution >= 4 is 17.5 Å². The maximum atomic E-state index is 12.9. The molecule has 2 amide bonds. The van der Waals surface area contributed by atoms with Crippen LogP contribution in [-0.2, 0) is 17.5 Å². The van der Waals surface area contributed by atoms with Gasteiger partial charge < -0.3 is 10.6 Å². The van der Waals surface area contributed by atoms with E-state index < -0.39 is 17.8 Å². The maximum absolute atomic E-state index is 12.9. The zero-order valence-electron chi connectivity index (χ0n) is 19.5. The number of halogens is 3. The fourth-order valence-electron chi connectivity index (χ4n) is 3.96. The first kappa shape index (κ1) is 25.7. The summed E-state index contributed by atoms with van der Waals surface area (Å²) in [7, 11) is 0. The van der Waals surface area contributed by atoms with Gasteiger partial charge in [0.05, 0.1) is 0 Å². The molecule has 9 heteroatoms. The van der Waals surface area contributed by atoms with Crippen molar-refractivity contribution in [3.63, 3.8) is 0 Å². The minimum absolute atomic E-state index is 0.0181. The van der Waals surface area contributed by atoms with Crippen molar-refractivity contribution in [1.82, 2.24) is 15.2 Å². The number of benzene rings is 1. The fourth-order valence-corrected chi connectivity index (χ4v) is 3.96. The standard InChI is InChI=1S/C25H31F3N4O2/c1-3-17(2)29-23(33)19-8-6-13-32(14-12-19)16-18-7-4-9-20(15-18)30-24(34)21-10-5-11-22(31-21)25(26,27)28/h4-5,7,9-11,15,17,19H,3,6,8,12-14,16H2,1-2H3,(H,29,33)(H,30,34)/t17?,19-/m0/s1. The molecular formula is C25H31F3N4O2. The van der Waals surface area contributed by atoms with E-state index in [-0.39, 0.29) is 23.6 Å². The highest BCUT2D eigenvalue weighted by Crippen LogP contribution is 2.27. The van der Waals surface area contributed by atoms with Gasteiger partial charge in [0, 0.05) is 24.2 Å². The van der Waals surface area contributed by atoms with Crippen molar-refractivity contribution in [2.24, 2.45) is 5.92 Å². The van der Waals surface area contributed by atoms with Crippen LogP contribution in [0.1, 0.15) is 61.3 Å². The highest BCUT2D eigenvalue weighted by atomic mass is 19.4. The van der Waals surface area contributed by atoms with Crippen LogP contribution in [0.2, 0.25) is 0 Å². The monoisotopic (exact) mass is 476 g/mol. The number of carbonyl (C=O) groups is 2. The zero-order valence-corrected chi connectivity index (χ0v) is 19.5. The van der Waals surface area contributed by atoms with Gasteiger partial charge in [-0.1, -0.05) is 25.1 Å². The van der Waals surface area contributed by atoms with Gasteiger partial charge in [0.15, 0.2) is 0 Å². The second-order valence-electron chi connectivity index (χ2n) is 8.78. The number of anilines is 1. The minimum Gasteiger partial charge on any atom is -0.353 e. The summed E-state index contributed by atoms with van der Waals surface area (Å²) < 4.78 is 38.6. The molecule has 1 unspecified atom stereocenters. The molecule has 1 aromatic carbocycles. The van der Waals surface area contributed by atoms with E-state index in [0.29, 0.717) is 12.2 Å². The van der Waals surface area contributed by atoms with Crippen molar-refractivity contribution in [3.8, 4) is 0 Å². The number of hydrogen-bond donors (Lipinski definition) is 2. The third kappa shape index (κ3) is 7.28. The number of nitrogens with zero attached hydrogens (tertiary/aromatic N) is 2. The number of aromatic nitrogens is 1. The molecule has 0 bridgehead atoms. The van der Waals surface area contributed by atoms with Gasteiger partial charge in [-0.3, -0.25) is 14.5 Å². The Morgan fingerprint density at radius 2 is 1.91 bits per heavy atom. The SMILES string of the molecule is CCC(C)NC(=O)[C@H]1CCCN(Cc2cccc(NC(=O)c3cccc(C(F)(F)F)n3)c2)CC1. The number of rotatable bonds is 7. The highest BCUT2D eigenvalue weighted by Gasteiger charge is 2.33. The summed E-state index contributed by atoms with van der Waals surface area (Å²) in [4.78, 5) is 30.7. The number of alkyl halides is 3. The number of likely N-dealkylation sites (tertiary alicyclic amines) is 1. The molecule has 1 aromatic heterocycles. The third-order valence-corrected chi connectivity index (χ3v) is 6.06. The molecule has 34 heavy (non-hydrogen) atoms. The average Bonchev–Trinajstić information content (AvgIpc) is 3.04. The lowest BCUT2D eigenvalue weighted by Crippen LogP contribution is -2.37. The van der Waals surface area contributed by atoms with Gasteiger partial charge >= 0.3 is 6.18 Å². The molecule has 1 saturated heterocycles. The summed E-state index contributed by atoms with van der Waals surface area (Å²) in [6.07, 6.45) is -1.13. The summed E-state index contributed by atoms with van der Waals surface area (Å²) in [6.45, 7) is 6.38. The molecule has 2 aromatic rings. The number of hydrogen-bond acceptors (Lipinski definition) is 4. The van der Waals surface area contributed by atoms with E-state index in [1.165, 1.54) is 6.07 Å². The van der Waals surface area contributed by atoms with Gasteiger partial charge in [0.1, 0.15) is 11.4 Å². The third-order valence-electron chi connectivity index (χ3n) is 6.06. The first-order chi connectivity index (χ1) is 16.2. The first-order valence-corrected chi connectivity index (χ1v) is 11.6. The van der Waals surface area contributed by atoms with E-state index >= 15 is 0 Å². The van der Waals surface area contributed by atoms with Crippen LogP contribution >= 0.6 is 0 Å². The van der Waals surface area contributed by atoms with Crippen LogP contribution in [0.15, 0.2) is 42.5 Å². The summed E-state index contributed by atoms with van der Waals surface area (Å²) in [5.41, 5.74) is 0.0558. The predicted molar refractivity (Wildman–Crippen MR) is 124 cm³/mol. The predicted octanol–water partition coefficient (Wildman–Crippen LogP) is 4.87. The van der Waals surface area contributed by atoms with Gasteiger partial charge in [-0.05, 0) is 75.5 Å². The number of pyridine rings is 1. The maximum Gasteiger partial charge on any atom is 0.433 e. The number of amides is 2. The first-order valence-electron chi connectivity index (χ1n) is 11.6. The van der Waals surface area contributed by atoms with Crippen LogP contribution in [0, 0.1) is 5.92 Å². The molecule has 2 N–H and O–H groups in total. The molecule has 1 aliphatic heterocycles. The molecule has 0 aliphatic carbocycles. The summed E-state index contributed by atoms with van der Waals surface area (Å²) in [5.74, 6) is -0.554. The molecule has 1 aliphatic rings. The summed E-state index contributed by atoms with van der Waals surface area (Å²) >= 11 is 0. The molecule has 6 nitrogen and oxygen atoms in total. The van der Waals surface area contributed by atoms with E-state index in [0.717, 1.165) is 56.5 Å². The van der Waals surface area contributed by atoms with Crippen molar-refractivity contribution in [2.45, 2.75) is 58.3 Å². The molecule has 184 valence electrons. The Hall–Kier alpha value is -2.94. The van der Waals surface area contributed by atoms with E-state index in [1.54, 1.807) is 12.1 Å². The Labute approximate surface area is 197 Å². The lowest BCUT2D eigenvalue weighted by molar-refractivity contribution is -0.141.